The van der Waals surface area contributed by atoms with Crippen LogP contribution in [0.25, 0.3) is 21.8 Å². The van der Waals surface area contributed by atoms with Crippen LogP contribution in [0.3, 0.4) is 0 Å². The zero-order valence-electron chi connectivity index (χ0n) is 16.8. The van der Waals surface area contributed by atoms with Gasteiger partial charge in [0.25, 0.3) is 0 Å². The molecular formula is C26H26N3+. The lowest BCUT2D eigenvalue weighted by Gasteiger charge is -2.06. The van der Waals surface area contributed by atoms with E-state index in [-0.39, 0.29) is 0 Å². The molecule has 29 heavy (non-hydrogen) atoms. The molecule has 2 aromatic heterocycles. The highest BCUT2D eigenvalue weighted by molar-refractivity contribution is 6.07. The van der Waals surface area contributed by atoms with Crippen LogP contribution < -0.4 is 4.57 Å². The number of aryl methyl sites for hydroxylation is 3. The normalized spacial score (nSPS) is 11.5. The highest BCUT2D eigenvalue weighted by atomic mass is 15.1. The van der Waals surface area contributed by atoms with Crippen molar-refractivity contribution >= 4 is 21.8 Å². The van der Waals surface area contributed by atoms with E-state index in [0.717, 1.165) is 26.1 Å². The van der Waals surface area contributed by atoms with Gasteiger partial charge in [0.05, 0.1) is 6.54 Å². The first kappa shape index (κ1) is 17.7. The molecule has 0 atom stereocenters. The van der Waals surface area contributed by atoms with E-state index in [1.165, 1.54) is 32.9 Å². The molecule has 0 radical (unpaired) electrons. The zero-order chi connectivity index (χ0) is 19.6. The standard InChI is InChI=1S/C26H26N3/c1-21-11-13-22(14-12-21)19-28-18-17-27(20-28)15-6-16-29-25-9-4-2-7-23(25)24-8-3-5-10-26(24)29/h2-5,7-14,17-18,20H,6,15-16,19H2,1H3/q+1. The van der Waals surface area contributed by atoms with Gasteiger partial charge in [-0.3, -0.25) is 0 Å². The maximum Gasteiger partial charge on any atom is 0.244 e. The second kappa shape index (κ2) is 7.59. The number of imidazole rings is 1. The largest absolute Gasteiger partial charge is 0.340 e. The van der Waals surface area contributed by atoms with Gasteiger partial charge in [-0.2, -0.15) is 0 Å². The van der Waals surface area contributed by atoms with Crippen molar-refractivity contribution in [3.63, 3.8) is 0 Å². The summed E-state index contributed by atoms with van der Waals surface area (Å²) in [5, 5.41) is 2.69. The summed E-state index contributed by atoms with van der Waals surface area (Å²) >= 11 is 0. The van der Waals surface area contributed by atoms with Crippen LogP contribution >= 0.6 is 0 Å². The fourth-order valence-corrected chi connectivity index (χ4v) is 4.22. The molecule has 0 spiro atoms. The predicted molar refractivity (Wildman–Crippen MR) is 119 cm³/mol. The van der Waals surface area contributed by atoms with Crippen molar-refractivity contribution in [3.05, 3.63) is 103 Å². The summed E-state index contributed by atoms with van der Waals surface area (Å²) in [6, 6.07) is 26.2. The summed E-state index contributed by atoms with van der Waals surface area (Å²) in [5.74, 6) is 0. The van der Waals surface area contributed by atoms with Crippen LogP contribution in [0.5, 0.6) is 0 Å². The average molecular weight is 381 g/mol. The molecule has 144 valence electrons. The molecule has 0 amide bonds. The first-order valence-electron chi connectivity index (χ1n) is 10.3. The second-order valence-corrected chi connectivity index (χ2v) is 7.85. The van der Waals surface area contributed by atoms with Crippen molar-refractivity contribution in [1.29, 1.82) is 0 Å². The highest BCUT2D eigenvalue weighted by Crippen LogP contribution is 2.28. The highest BCUT2D eigenvalue weighted by Gasteiger charge is 2.10. The molecule has 3 aromatic carbocycles. The number of fused-ring (bicyclic) bond motifs is 3. The van der Waals surface area contributed by atoms with Crippen LogP contribution in [0.1, 0.15) is 17.5 Å². The summed E-state index contributed by atoms with van der Waals surface area (Å²) in [6.07, 6.45) is 7.66. The van der Waals surface area contributed by atoms with Gasteiger partial charge < -0.3 is 4.57 Å². The van der Waals surface area contributed by atoms with Crippen LogP contribution in [0.15, 0.2) is 91.5 Å². The van der Waals surface area contributed by atoms with Crippen LogP contribution in [-0.2, 0) is 19.6 Å². The zero-order valence-corrected chi connectivity index (χ0v) is 16.8. The van der Waals surface area contributed by atoms with Crippen LogP contribution in [-0.4, -0.2) is 9.13 Å². The Morgan fingerprint density at radius 1 is 0.759 bits per heavy atom. The molecule has 5 aromatic rings. The molecule has 0 saturated carbocycles. The Balaban J connectivity index is 1.29. The fraction of sp³-hybridized carbons (Fsp3) is 0.192. The molecule has 0 N–H and O–H groups in total. The van der Waals surface area contributed by atoms with Crippen molar-refractivity contribution in [3.8, 4) is 0 Å². The Hall–Kier alpha value is -3.33. The Morgan fingerprint density at radius 2 is 1.41 bits per heavy atom. The van der Waals surface area contributed by atoms with Crippen LogP contribution in [0, 0.1) is 6.92 Å². The Bertz CT molecular complexity index is 1210. The molecular weight excluding hydrogens is 354 g/mol. The third kappa shape index (κ3) is 3.56. The summed E-state index contributed by atoms with van der Waals surface area (Å²) in [5.41, 5.74) is 5.30. The number of para-hydroxylation sites is 2. The SMILES string of the molecule is Cc1ccc(C[n+]2ccn(CCCn3c4ccccc4c4ccccc43)c2)cc1. The Labute approximate surface area is 171 Å². The number of rotatable bonds is 6. The van der Waals surface area contributed by atoms with E-state index in [9.17, 15) is 0 Å². The summed E-state index contributed by atoms with van der Waals surface area (Å²) in [7, 11) is 0. The van der Waals surface area contributed by atoms with Gasteiger partial charge in [-0.25, -0.2) is 9.13 Å². The molecule has 5 rings (SSSR count). The topological polar surface area (TPSA) is 13.7 Å². The second-order valence-electron chi connectivity index (χ2n) is 7.85. The summed E-state index contributed by atoms with van der Waals surface area (Å²) < 4.78 is 7.02. The minimum Gasteiger partial charge on any atom is -0.340 e. The maximum atomic E-state index is 2.47. The summed E-state index contributed by atoms with van der Waals surface area (Å²) in [6.45, 7) is 5.08. The molecule has 0 aliphatic heterocycles. The average Bonchev–Trinajstić information content (AvgIpc) is 3.33. The van der Waals surface area contributed by atoms with Gasteiger partial charge >= 0.3 is 0 Å². The molecule has 0 bridgehead atoms. The van der Waals surface area contributed by atoms with Gasteiger partial charge in [-0.1, -0.05) is 66.2 Å². The van der Waals surface area contributed by atoms with Crippen molar-refractivity contribution < 1.29 is 4.57 Å². The van der Waals surface area contributed by atoms with Gasteiger partial charge in [0.1, 0.15) is 18.9 Å². The molecule has 3 heteroatoms. The van der Waals surface area contributed by atoms with E-state index in [0.29, 0.717) is 0 Å². The molecule has 2 heterocycles. The van der Waals surface area contributed by atoms with E-state index in [4.69, 9.17) is 0 Å². The van der Waals surface area contributed by atoms with Gasteiger partial charge in [0.2, 0.25) is 6.33 Å². The van der Waals surface area contributed by atoms with Gasteiger partial charge in [-0.05, 0) is 24.6 Å². The third-order valence-corrected chi connectivity index (χ3v) is 5.71. The third-order valence-electron chi connectivity index (χ3n) is 5.71. The van der Waals surface area contributed by atoms with Crippen molar-refractivity contribution in [2.24, 2.45) is 0 Å². The van der Waals surface area contributed by atoms with E-state index in [1.807, 2.05) is 0 Å². The lowest BCUT2D eigenvalue weighted by Crippen LogP contribution is -2.31. The number of nitrogens with zero attached hydrogens (tertiary/aromatic N) is 3. The minimum atomic E-state index is 0.917. The number of benzene rings is 3. The minimum absolute atomic E-state index is 0.917. The summed E-state index contributed by atoms with van der Waals surface area (Å²) in [4.78, 5) is 0. The lowest BCUT2D eigenvalue weighted by molar-refractivity contribution is -0.687. The molecule has 0 fully saturated rings. The first-order valence-corrected chi connectivity index (χ1v) is 10.3. The number of aromatic nitrogens is 3. The van der Waals surface area contributed by atoms with Crippen LogP contribution in [0.2, 0.25) is 0 Å². The maximum absolute atomic E-state index is 2.47. The monoisotopic (exact) mass is 380 g/mol. The first-order chi connectivity index (χ1) is 14.3. The fourth-order valence-electron chi connectivity index (χ4n) is 4.22. The van der Waals surface area contributed by atoms with E-state index >= 15 is 0 Å². The van der Waals surface area contributed by atoms with Gasteiger partial charge in [-0.15, -0.1) is 0 Å². The Kier molecular flexibility index (Phi) is 4.65. The predicted octanol–water partition coefficient (Wildman–Crippen LogP) is 5.33. The lowest BCUT2D eigenvalue weighted by atomic mass is 10.1. The molecule has 0 aliphatic rings. The Morgan fingerprint density at radius 3 is 2.10 bits per heavy atom. The van der Waals surface area contributed by atoms with E-state index < -0.39 is 0 Å². The van der Waals surface area contributed by atoms with Gasteiger partial charge in [0.15, 0.2) is 0 Å². The van der Waals surface area contributed by atoms with Gasteiger partial charge in [0, 0.05) is 34.8 Å². The van der Waals surface area contributed by atoms with Crippen molar-refractivity contribution in [2.45, 2.75) is 33.0 Å². The van der Waals surface area contributed by atoms with Crippen LogP contribution in [0.4, 0.5) is 0 Å². The smallest absolute Gasteiger partial charge is 0.244 e. The number of hydrogen-bond donors (Lipinski definition) is 0. The van der Waals surface area contributed by atoms with E-state index in [2.05, 4.69) is 112 Å². The number of hydrogen-bond acceptors (Lipinski definition) is 0. The molecule has 0 aliphatic carbocycles. The van der Waals surface area contributed by atoms with E-state index in [1.54, 1.807) is 0 Å². The molecule has 0 saturated heterocycles. The van der Waals surface area contributed by atoms with Crippen molar-refractivity contribution in [1.82, 2.24) is 9.13 Å². The molecule has 0 unspecified atom stereocenters. The molecule has 3 nitrogen and oxygen atoms in total. The van der Waals surface area contributed by atoms with Crippen molar-refractivity contribution in [2.75, 3.05) is 0 Å². The quantitative estimate of drug-likeness (QED) is 0.353.